The minimum Gasteiger partial charge on any atom is -0.493 e. The summed E-state index contributed by atoms with van der Waals surface area (Å²) >= 11 is 5.90. The quantitative estimate of drug-likeness (QED) is 0.805. The number of nitrogens with zero attached hydrogens (tertiary/aromatic N) is 2. The molecule has 2 aromatic rings. The minimum atomic E-state index is -0.382. The van der Waals surface area contributed by atoms with Crippen LogP contribution in [0, 0.1) is 12.3 Å². The summed E-state index contributed by atoms with van der Waals surface area (Å²) in [4.78, 5) is 30.3. The van der Waals surface area contributed by atoms with Crippen molar-refractivity contribution in [2.75, 3.05) is 19.7 Å². The molecule has 1 fully saturated rings. The number of primary amides is 1. The molecule has 0 saturated carbocycles. The maximum Gasteiger partial charge on any atom is 0.255 e. The van der Waals surface area contributed by atoms with Crippen molar-refractivity contribution in [2.45, 2.75) is 26.2 Å². The summed E-state index contributed by atoms with van der Waals surface area (Å²) in [6, 6.07) is 8.95. The zero-order valence-electron chi connectivity index (χ0n) is 15.9. The van der Waals surface area contributed by atoms with Crippen molar-refractivity contribution in [3.8, 4) is 5.75 Å². The monoisotopic (exact) mass is 401 g/mol. The number of nitrogens with two attached hydrogens (primary N) is 1. The van der Waals surface area contributed by atoms with Gasteiger partial charge in [-0.1, -0.05) is 11.6 Å². The molecule has 1 saturated heterocycles. The van der Waals surface area contributed by atoms with Crippen molar-refractivity contribution < 1.29 is 14.3 Å². The van der Waals surface area contributed by atoms with E-state index in [-0.39, 0.29) is 23.7 Å². The molecule has 1 aromatic heterocycles. The number of rotatable bonds is 6. The lowest BCUT2D eigenvalue weighted by Gasteiger charge is -2.41. The van der Waals surface area contributed by atoms with E-state index >= 15 is 0 Å². The number of carbonyl (C=O) groups is 2. The van der Waals surface area contributed by atoms with Gasteiger partial charge >= 0.3 is 0 Å². The number of halogens is 1. The molecule has 1 aliphatic heterocycles. The van der Waals surface area contributed by atoms with E-state index in [1.54, 1.807) is 41.6 Å². The highest BCUT2D eigenvalue weighted by Crippen LogP contribution is 2.36. The minimum absolute atomic E-state index is 0.0394. The van der Waals surface area contributed by atoms with Gasteiger partial charge in [0.05, 0.1) is 12.2 Å². The number of aromatic nitrogens is 1. The van der Waals surface area contributed by atoms with Crippen LogP contribution < -0.4 is 10.5 Å². The number of ether oxygens (including phenoxy) is 1. The standard InChI is InChI=1S/C21H24ClN3O3/c1-15-10-16(13-24-12-15)20(27)25-8-6-21(7-9-25,11-19(23)26)14-28-18-4-2-17(22)3-5-18/h2-5,10,12-13H,6-9,11,14H2,1H3,(H2,23,26). The van der Waals surface area contributed by atoms with Crippen LogP contribution in [0.15, 0.2) is 42.7 Å². The lowest BCUT2D eigenvalue weighted by atomic mass is 9.76. The maximum atomic E-state index is 12.7. The Hall–Kier alpha value is -2.60. The van der Waals surface area contributed by atoms with Crippen LogP contribution in [0.4, 0.5) is 0 Å². The number of pyridine rings is 1. The molecule has 1 aromatic carbocycles. The molecule has 0 bridgehead atoms. The van der Waals surface area contributed by atoms with Gasteiger partial charge in [-0.15, -0.1) is 0 Å². The molecule has 3 rings (SSSR count). The second-order valence-electron chi connectivity index (χ2n) is 7.43. The molecular weight excluding hydrogens is 378 g/mol. The topological polar surface area (TPSA) is 85.5 Å². The molecule has 2 N–H and O–H groups in total. The summed E-state index contributed by atoms with van der Waals surface area (Å²) in [7, 11) is 0. The van der Waals surface area contributed by atoms with E-state index in [9.17, 15) is 9.59 Å². The predicted octanol–water partition coefficient (Wildman–Crippen LogP) is 3.22. The van der Waals surface area contributed by atoms with E-state index < -0.39 is 0 Å². The molecule has 148 valence electrons. The van der Waals surface area contributed by atoms with Crippen LogP contribution in [-0.4, -0.2) is 41.4 Å². The summed E-state index contributed by atoms with van der Waals surface area (Å²) in [5.74, 6) is 0.294. The van der Waals surface area contributed by atoms with Gasteiger partial charge in [0.1, 0.15) is 5.75 Å². The van der Waals surface area contributed by atoms with Crippen LogP contribution in [0.5, 0.6) is 5.75 Å². The Balaban J connectivity index is 1.66. The van der Waals surface area contributed by atoms with Crippen LogP contribution in [-0.2, 0) is 4.79 Å². The summed E-state index contributed by atoms with van der Waals surface area (Å²) in [6.07, 6.45) is 4.83. The Morgan fingerprint density at radius 3 is 2.50 bits per heavy atom. The first-order chi connectivity index (χ1) is 13.4. The fourth-order valence-electron chi connectivity index (χ4n) is 3.55. The highest BCUT2D eigenvalue weighted by atomic mass is 35.5. The van der Waals surface area contributed by atoms with Gasteiger partial charge in [0.2, 0.25) is 5.91 Å². The van der Waals surface area contributed by atoms with Crippen molar-refractivity contribution in [1.29, 1.82) is 0 Å². The number of amides is 2. The summed E-state index contributed by atoms with van der Waals surface area (Å²) in [5.41, 5.74) is 6.65. The van der Waals surface area contributed by atoms with Crippen LogP contribution in [0.25, 0.3) is 0 Å². The smallest absolute Gasteiger partial charge is 0.255 e. The van der Waals surface area contributed by atoms with Crippen molar-refractivity contribution in [2.24, 2.45) is 11.1 Å². The number of piperidine rings is 1. The molecule has 0 unspecified atom stereocenters. The van der Waals surface area contributed by atoms with Crippen LogP contribution in [0.3, 0.4) is 0 Å². The van der Waals surface area contributed by atoms with Gasteiger partial charge in [-0.05, 0) is 55.7 Å². The average Bonchev–Trinajstić information content (AvgIpc) is 2.67. The van der Waals surface area contributed by atoms with Crippen LogP contribution in [0.1, 0.15) is 35.2 Å². The van der Waals surface area contributed by atoms with Crippen molar-refractivity contribution in [3.05, 3.63) is 58.9 Å². The number of likely N-dealkylation sites (tertiary alicyclic amines) is 1. The first kappa shape index (κ1) is 20.1. The Morgan fingerprint density at radius 2 is 1.89 bits per heavy atom. The molecule has 0 atom stereocenters. The largest absolute Gasteiger partial charge is 0.493 e. The van der Waals surface area contributed by atoms with Gasteiger partial charge in [-0.3, -0.25) is 14.6 Å². The van der Waals surface area contributed by atoms with Gasteiger partial charge in [0.15, 0.2) is 0 Å². The molecule has 0 radical (unpaired) electrons. The Bertz CT molecular complexity index is 846. The lowest BCUT2D eigenvalue weighted by molar-refractivity contribution is -0.121. The SMILES string of the molecule is Cc1cncc(C(=O)N2CCC(COc3ccc(Cl)cc3)(CC(N)=O)CC2)c1. The molecule has 6 nitrogen and oxygen atoms in total. The fourth-order valence-corrected chi connectivity index (χ4v) is 3.67. The predicted molar refractivity (Wildman–Crippen MR) is 107 cm³/mol. The van der Waals surface area contributed by atoms with Gasteiger partial charge in [-0.2, -0.15) is 0 Å². The molecule has 28 heavy (non-hydrogen) atoms. The third-order valence-electron chi connectivity index (χ3n) is 5.14. The summed E-state index contributed by atoms with van der Waals surface area (Å²) < 4.78 is 5.92. The maximum absolute atomic E-state index is 12.7. The molecular formula is C21H24ClN3O3. The van der Waals surface area contributed by atoms with E-state index in [0.29, 0.717) is 48.9 Å². The number of benzene rings is 1. The second kappa shape index (κ2) is 8.61. The van der Waals surface area contributed by atoms with E-state index in [4.69, 9.17) is 22.1 Å². The molecule has 0 aliphatic carbocycles. The van der Waals surface area contributed by atoms with Gasteiger partial charge < -0.3 is 15.4 Å². The third kappa shape index (κ3) is 5.01. The van der Waals surface area contributed by atoms with E-state index in [1.165, 1.54) is 0 Å². The summed E-state index contributed by atoms with van der Waals surface area (Å²) in [6.45, 7) is 3.37. The van der Waals surface area contributed by atoms with Gasteiger partial charge in [0.25, 0.3) is 5.91 Å². The van der Waals surface area contributed by atoms with Crippen LogP contribution in [0.2, 0.25) is 5.02 Å². The third-order valence-corrected chi connectivity index (χ3v) is 5.39. The van der Waals surface area contributed by atoms with Gasteiger partial charge in [0, 0.05) is 42.3 Å². The normalized spacial score (nSPS) is 15.9. The zero-order valence-corrected chi connectivity index (χ0v) is 16.6. The average molecular weight is 402 g/mol. The lowest BCUT2D eigenvalue weighted by Crippen LogP contribution is -2.47. The number of aryl methyl sites for hydroxylation is 1. The Morgan fingerprint density at radius 1 is 1.21 bits per heavy atom. The van der Waals surface area contributed by atoms with Crippen molar-refractivity contribution in [3.63, 3.8) is 0 Å². The highest BCUT2D eigenvalue weighted by molar-refractivity contribution is 6.30. The second-order valence-corrected chi connectivity index (χ2v) is 7.87. The van der Waals surface area contributed by atoms with Crippen molar-refractivity contribution >= 4 is 23.4 Å². The van der Waals surface area contributed by atoms with E-state index in [0.717, 1.165) is 5.56 Å². The molecule has 7 heteroatoms. The van der Waals surface area contributed by atoms with Crippen LogP contribution >= 0.6 is 11.6 Å². The molecule has 1 aliphatic rings. The van der Waals surface area contributed by atoms with Gasteiger partial charge in [-0.25, -0.2) is 0 Å². The zero-order chi connectivity index (χ0) is 20.1. The Labute approximate surface area is 169 Å². The van der Waals surface area contributed by atoms with E-state index in [1.807, 2.05) is 13.0 Å². The fraction of sp³-hybridized carbons (Fsp3) is 0.381. The molecule has 2 amide bonds. The molecule has 0 spiro atoms. The highest BCUT2D eigenvalue weighted by Gasteiger charge is 2.38. The van der Waals surface area contributed by atoms with E-state index in [2.05, 4.69) is 4.98 Å². The van der Waals surface area contributed by atoms with Crippen molar-refractivity contribution in [1.82, 2.24) is 9.88 Å². The first-order valence-corrected chi connectivity index (χ1v) is 9.62. The first-order valence-electron chi connectivity index (χ1n) is 9.24. The number of carbonyl (C=O) groups excluding carboxylic acids is 2. The molecule has 2 heterocycles. The number of hydrogen-bond acceptors (Lipinski definition) is 4. The summed E-state index contributed by atoms with van der Waals surface area (Å²) in [5, 5.41) is 0.636. The number of hydrogen-bond donors (Lipinski definition) is 1. The Kier molecular flexibility index (Phi) is 6.19.